The zero-order valence-electron chi connectivity index (χ0n) is 43.2. The molecule has 0 unspecified atom stereocenters. The van der Waals surface area contributed by atoms with Crippen LogP contribution in [0.25, 0.3) is 106 Å². The Hall–Kier alpha value is -8.42. The summed E-state index contributed by atoms with van der Waals surface area (Å²) in [6.07, 6.45) is 0. The minimum atomic E-state index is -0.0658. The molecule has 0 bridgehead atoms. The van der Waals surface area contributed by atoms with Crippen molar-refractivity contribution in [3.05, 3.63) is 217 Å². The lowest BCUT2D eigenvalue weighted by Crippen LogP contribution is -2.11. The van der Waals surface area contributed by atoms with Crippen molar-refractivity contribution in [2.75, 3.05) is 9.80 Å². The first-order valence-electron chi connectivity index (χ1n) is 26.2. The van der Waals surface area contributed by atoms with Gasteiger partial charge in [-0.2, -0.15) is 0 Å². The minimum Gasteiger partial charge on any atom is -0.454 e. The van der Waals surface area contributed by atoms with Gasteiger partial charge < -0.3 is 18.6 Å². The van der Waals surface area contributed by atoms with Gasteiger partial charge in [-0.1, -0.05) is 163 Å². The summed E-state index contributed by atoms with van der Waals surface area (Å²) >= 11 is 3.82. The summed E-state index contributed by atoms with van der Waals surface area (Å²) in [5, 5.41) is 14.6. The predicted molar refractivity (Wildman–Crippen MR) is 329 cm³/mol. The van der Waals surface area contributed by atoms with Gasteiger partial charge in [0.2, 0.25) is 0 Å². The van der Waals surface area contributed by atoms with Crippen LogP contribution in [0.4, 0.5) is 34.1 Å². The molecule has 4 nitrogen and oxygen atoms in total. The first-order chi connectivity index (χ1) is 36.9. The van der Waals surface area contributed by atoms with E-state index in [1.165, 1.54) is 73.0 Å². The molecule has 0 aliphatic rings. The van der Waals surface area contributed by atoms with Crippen molar-refractivity contribution in [2.24, 2.45) is 0 Å². The van der Waals surface area contributed by atoms with E-state index in [1.807, 2.05) is 22.7 Å². The highest BCUT2D eigenvalue weighted by molar-refractivity contribution is 7.33. The van der Waals surface area contributed by atoms with Crippen LogP contribution in [0.1, 0.15) is 52.7 Å². The van der Waals surface area contributed by atoms with Gasteiger partial charge in [0.25, 0.3) is 0 Å². The predicted octanol–water partition coefficient (Wildman–Crippen LogP) is 22.1. The molecule has 0 aliphatic heterocycles. The smallest absolute Gasteiger partial charge is 0.159 e. The van der Waals surface area contributed by atoms with Gasteiger partial charge in [0.1, 0.15) is 11.2 Å². The molecule has 0 aliphatic carbocycles. The fraction of sp³-hybridized carbons (Fsp3) is 0.114. The molecule has 4 aromatic heterocycles. The Morgan fingerprint density at radius 1 is 0.303 bits per heavy atom. The van der Waals surface area contributed by atoms with Gasteiger partial charge >= 0.3 is 0 Å². The Labute approximate surface area is 448 Å². The Morgan fingerprint density at radius 2 is 0.697 bits per heavy atom. The van der Waals surface area contributed by atoms with Gasteiger partial charge in [-0.15, -0.1) is 22.7 Å². The molecule has 4 heterocycles. The van der Waals surface area contributed by atoms with Crippen LogP contribution in [0, 0.1) is 0 Å². The zero-order chi connectivity index (χ0) is 51.2. The molecular weight excluding hydrogens is 965 g/mol. The van der Waals surface area contributed by atoms with Crippen LogP contribution >= 0.6 is 22.7 Å². The third-order valence-electron chi connectivity index (χ3n) is 15.6. The van der Waals surface area contributed by atoms with Gasteiger partial charge in [0, 0.05) is 86.4 Å². The second kappa shape index (κ2) is 16.5. The largest absolute Gasteiger partial charge is 0.454 e. The molecule has 15 rings (SSSR count). The Morgan fingerprint density at radius 3 is 1.11 bits per heavy atom. The van der Waals surface area contributed by atoms with Crippen molar-refractivity contribution in [1.29, 1.82) is 0 Å². The number of para-hydroxylation sites is 6. The second-order valence-electron chi connectivity index (χ2n) is 22.5. The van der Waals surface area contributed by atoms with Crippen LogP contribution in [0.3, 0.4) is 0 Å². The lowest BCUT2D eigenvalue weighted by Gasteiger charge is -2.26. The van der Waals surface area contributed by atoms with Crippen molar-refractivity contribution in [2.45, 2.75) is 52.4 Å². The highest BCUT2D eigenvalue weighted by atomic mass is 32.1. The first-order valence-corrected chi connectivity index (χ1v) is 27.9. The molecule has 0 spiro atoms. The average Bonchev–Trinajstić information content (AvgIpc) is 4.32. The SMILES string of the molecule is CC(C)(C)c1cccc2c1oc1c(N(c3ccccc3)c3ccc4cc5c(cc4c3)sc3c5ccc4c5cc6ccc(N(c7ccccc7)c7cccc8c7oc7c(C(C)(C)C)cccc78)cc6cc5sc43)cccc12. The molecule has 6 heteroatoms. The van der Waals surface area contributed by atoms with Crippen molar-refractivity contribution < 1.29 is 8.83 Å². The lowest BCUT2D eigenvalue weighted by molar-refractivity contribution is 0.572. The minimum absolute atomic E-state index is 0.0658. The third-order valence-corrected chi connectivity index (χ3v) is 18.1. The normalized spacial score (nSPS) is 12.6. The topological polar surface area (TPSA) is 32.8 Å². The maximum absolute atomic E-state index is 6.96. The summed E-state index contributed by atoms with van der Waals surface area (Å²) in [4.78, 5) is 4.71. The molecule has 15 aromatic rings. The highest BCUT2D eigenvalue weighted by Crippen LogP contribution is 2.50. The quantitative estimate of drug-likeness (QED) is 0.166. The van der Waals surface area contributed by atoms with Crippen LogP contribution in [0.15, 0.2) is 215 Å². The molecule has 0 amide bonds. The van der Waals surface area contributed by atoms with E-state index >= 15 is 0 Å². The summed E-state index contributed by atoms with van der Waals surface area (Å²) in [5.74, 6) is 0. The molecule has 76 heavy (non-hydrogen) atoms. The number of anilines is 6. The van der Waals surface area contributed by atoms with E-state index in [4.69, 9.17) is 8.83 Å². The summed E-state index contributed by atoms with van der Waals surface area (Å²) < 4.78 is 19.2. The molecular formula is C70H52N2O2S2. The van der Waals surface area contributed by atoms with Crippen LogP contribution in [-0.2, 0) is 10.8 Å². The Bertz CT molecular complexity index is 4540. The van der Waals surface area contributed by atoms with E-state index in [0.29, 0.717) is 0 Å². The maximum atomic E-state index is 6.96. The Balaban J connectivity index is 0.846. The van der Waals surface area contributed by atoms with Crippen molar-refractivity contribution >= 4 is 163 Å². The van der Waals surface area contributed by atoms with Crippen LogP contribution in [0.2, 0.25) is 0 Å². The number of benzene rings is 11. The fourth-order valence-corrected chi connectivity index (χ4v) is 14.6. The number of fused-ring (bicyclic) bond motifs is 15. The van der Waals surface area contributed by atoms with E-state index < -0.39 is 0 Å². The first kappa shape index (κ1) is 45.0. The van der Waals surface area contributed by atoms with Crippen LogP contribution < -0.4 is 9.80 Å². The zero-order valence-corrected chi connectivity index (χ0v) is 44.8. The third kappa shape index (κ3) is 6.94. The summed E-state index contributed by atoms with van der Waals surface area (Å²) in [6.45, 7) is 13.5. The van der Waals surface area contributed by atoms with Gasteiger partial charge in [-0.3, -0.25) is 0 Å². The standard InChI is InChI=1S/C70H52N2O2S2/c1-69(2,3)57-25-13-21-49-51-23-15-27-59(65(51)73-63(49)57)71(45-17-9-7-10-18-45)47-31-29-41-37-55-53-33-34-54-56-38-42-30-32-48(36-44(42)40-62(56)76-68(54)67(53)75-61(55)39-43(41)35-47)72(46-19-11-8-12-20-46)60-28-16-24-52-50-22-14-26-58(70(4,5)6)64(50)74-66(52)60/h7-40H,1-6H3. The number of thiophene rings is 2. The fourth-order valence-electron chi connectivity index (χ4n) is 12.0. The van der Waals surface area contributed by atoms with E-state index in [0.717, 1.165) is 78.0 Å². The molecule has 0 saturated heterocycles. The monoisotopic (exact) mass is 1020 g/mol. The van der Waals surface area contributed by atoms with Gasteiger partial charge in [-0.05, 0) is 117 Å². The number of hydrogen-bond donors (Lipinski definition) is 0. The average molecular weight is 1020 g/mol. The van der Waals surface area contributed by atoms with E-state index in [-0.39, 0.29) is 10.8 Å². The van der Waals surface area contributed by atoms with Crippen LogP contribution in [0.5, 0.6) is 0 Å². The Kier molecular flexibility index (Phi) is 9.80. The van der Waals surface area contributed by atoms with Gasteiger partial charge in [0.05, 0.1) is 20.8 Å². The number of nitrogens with zero attached hydrogens (tertiary/aromatic N) is 2. The van der Waals surface area contributed by atoms with Crippen LogP contribution in [-0.4, -0.2) is 0 Å². The maximum Gasteiger partial charge on any atom is 0.159 e. The molecule has 0 radical (unpaired) electrons. The molecule has 0 atom stereocenters. The second-order valence-corrected chi connectivity index (χ2v) is 24.6. The number of hydrogen-bond acceptors (Lipinski definition) is 6. The van der Waals surface area contributed by atoms with E-state index in [2.05, 4.69) is 258 Å². The molecule has 0 N–H and O–H groups in total. The van der Waals surface area contributed by atoms with Crippen molar-refractivity contribution in [3.8, 4) is 0 Å². The molecule has 366 valence electrons. The summed E-state index contributed by atoms with van der Waals surface area (Å²) in [7, 11) is 0. The number of furan rings is 2. The van der Waals surface area contributed by atoms with E-state index in [1.54, 1.807) is 0 Å². The van der Waals surface area contributed by atoms with E-state index in [9.17, 15) is 0 Å². The van der Waals surface area contributed by atoms with Crippen molar-refractivity contribution in [3.63, 3.8) is 0 Å². The molecule has 11 aromatic carbocycles. The van der Waals surface area contributed by atoms with Gasteiger partial charge in [0.15, 0.2) is 11.2 Å². The lowest BCUT2D eigenvalue weighted by atomic mass is 9.86. The summed E-state index contributed by atoms with van der Waals surface area (Å²) in [6, 6.07) is 75.7. The van der Waals surface area contributed by atoms with Gasteiger partial charge in [-0.25, -0.2) is 0 Å². The number of rotatable bonds is 6. The summed E-state index contributed by atoms with van der Waals surface area (Å²) in [5.41, 5.74) is 12.3. The highest BCUT2D eigenvalue weighted by Gasteiger charge is 2.27. The molecule has 0 fully saturated rings. The molecule has 0 saturated carbocycles. The van der Waals surface area contributed by atoms with Crippen molar-refractivity contribution in [1.82, 2.24) is 0 Å².